The minimum Gasteiger partial charge on any atom is -0.359 e. The van der Waals surface area contributed by atoms with Crippen LogP contribution in [0.3, 0.4) is 0 Å². The summed E-state index contributed by atoms with van der Waals surface area (Å²) in [6.45, 7) is 0.601. The van der Waals surface area contributed by atoms with Crippen LogP contribution in [-0.4, -0.2) is 49.7 Å². The molecule has 1 unspecified atom stereocenters. The van der Waals surface area contributed by atoms with Crippen LogP contribution in [0.5, 0.6) is 0 Å². The van der Waals surface area contributed by atoms with Gasteiger partial charge in [-0.3, -0.25) is 9.69 Å². The van der Waals surface area contributed by atoms with Gasteiger partial charge >= 0.3 is 6.18 Å². The van der Waals surface area contributed by atoms with Gasteiger partial charge in [-0.1, -0.05) is 0 Å². The van der Waals surface area contributed by atoms with E-state index in [9.17, 15) is 18.0 Å². The Morgan fingerprint density at radius 1 is 1.44 bits per heavy atom. The number of carbonyl (C=O) groups excluding carboxylic acids is 1. The van der Waals surface area contributed by atoms with Crippen LogP contribution in [0.4, 0.5) is 13.2 Å². The van der Waals surface area contributed by atoms with Crippen molar-refractivity contribution in [1.29, 1.82) is 0 Å². The third kappa shape index (κ3) is 3.84. The molecule has 0 bridgehead atoms. The van der Waals surface area contributed by atoms with Crippen molar-refractivity contribution >= 4 is 5.91 Å². The number of hydrogen-bond acceptors (Lipinski definition) is 3. The number of nitrogens with zero attached hydrogens (tertiary/aromatic N) is 1. The van der Waals surface area contributed by atoms with Gasteiger partial charge in [0.05, 0.1) is 0 Å². The Morgan fingerprint density at radius 2 is 2.00 bits per heavy atom. The highest BCUT2D eigenvalue weighted by Gasteiger charge is 2.44. The Balaban J connectivity index is 2.56. The summed E-state index contributed by atoms with van der Waals surface area (Å²) in [5.41, 5.74) is 5.24. The number of carbonyl (C=O) groups is 1. The topological polar surface area (TPSA) is 58.4 Å². The molecule has 1 aliphatic rings. The molecular weight excluding hydrogens is 247 g/mol. The van der Waals surface area contributed by atoms with E-state index in [0.29, 0.717) is 25.9 Å². The van der Waals surface area contributed by atoms with Gasteiger partial charge in [-0.25, -0.2) is 0 Å². The average Bonchev–Trinajstić information content (AvgIpc) is 2.34. The van der Waals surface area contributed by atoms with Crippen LogP contribution >= 0.6 is 0 Å². The second-order valence-electron chi connectivity index (χ2n) is 4.56. The molecule has 0 spiro atoms. The number of amides is 1. The van der Waals surface area contributed by atoms with Gasteiger partial charge < -0.3 is 11.1 Å². The van der Waals surface area contributed by atoms with E-state index in [4.69, 9.17) is 5.73 Å². The first-order chi connectivity index (χ1) is 8.40. The van der Waals surface area contributed by atoms with Gasteiger partial charge in [0.25, 0.3) is 0 Å². The predicted octanol–water partition coefficient (Wildman–Crippen LogP) is 0.724. The molecule has 1 amide bonds. The van der Waals surface area contributed by atoms with E-state index >= 15 is 0 Å². The van der Waals surface area contributed by atoms with Gasteiger partial charge in [0, 0.05) is 13.0 Å². The fourth-order valence-corrected chi connectivity index (χ4v) is 2.39. The molecule has 1 saturated heterocycles. The zero-order chi connectivity index (χ0) is 13.8. The molecule has 0 saturated carbocycles. The number of rotatable bonds is 4. The Kier molecular flexibility index (Phi) is 5.40. The van der Waals surface area contributed by atoms with Crippen molar-refractivity contribution in [3.8, 4) is 0 Å². The molecule has 1 rings (SSSR count). The van der Waals surface area contributed by atoms with Crippen molar-refractivity contribution in [1.82, 2.24) is 10.2 Å². The monoisotopic (exact) mass is 267 g/mol. The Labute approximate surface area is 105 Å². The Hall–Kier alpha value is -0.820. The smallest absolute Gasteiger partial charge is 0.359 e. The predicted molar refractivity (Wildman–Crippen MR) is 61.9 cm³/mol. The summed E-state index contributed by atoms with van der Waals surface area (Å²) >= 11 is 0. The first-order valence-corrected chi connectivity index (χ1v) is 6.12. The lowest BCUT2D eigenvalue weighted by Gasteiger charge is -2.37. The van der Waals surface area contributed by atoms with Crippen LogP contribution in [0.25, 0.3) is 0 Å². The van der Waals surface area contributed by atoms with Crippen LogP contribution < -0.4 is 11.1 Å². The van der Waals surface area contributed by atoms with E-state index in [1.807, 2.05) is 0 Å². The molecule has 0 aliphatic carbocycles. The zero-order valence-corrected chi connectivity index (χ0v) is 10.5. The second-order valence-corrected chi connectivity index (χ2v) is 4.56. The lowest BCUT2D eigenvalue weighted by Crippen LogP contribution is -2.51. The van der Waals surface area contributed by atoms with Gasteiger partial charge in [0.15, 0.2) is 0 Å². The number of piperidine rings is 1. The molecule has 7 heteroatoms. The van der Waals surface area contributed by atoms with Crippen LogP contribution in [-0.2, 0) is 4.79 Å². The molecule has 18 heavy (non-hydrogen) atoms. The van der Waals surface area contributed by atoms with Gasteiger partial charge in [0.1, 0.15) is 6.04 Å². The summed E-state index contributed by atoms with van der Waals surface area (Å²) in [5.74, 6) is -0.255. The van der Waals surface area contributed by atoms with Gasteiger partial charge in [-0.15, -0.1) is 0 Å². The van der Waals surface area contributed by atoms with Crippen molar-refractivity contribution in [2.45, 2.75) is 31.5 Å². The maximum Gasteiger partial charge on any atom is 0.404 e. The van der Waals surface area contributed by atoms with Crippen molar-refractivity contribution in [2.75, 3.05) is 26.7 Å². The summed E-state index contributed by atoms with van der Waals surface area (Å²) in [6, 6.07) is -1.48. The molecular formula is C11H20F3N3O. The number of alkyl halides is 3. The number of hydrogen-bond donors (Lipinski definition) is 2. The molecule has 0 radical (unpaired) electrons. The van der Waals surface area contributed by atoms with Crippen molar-refractivity contribution in [3.05, 3.63) is 0 Å². The van der Waals surface area contributed by atoms with Crippen LogP contribution in [0.1, 0.15) is 19.3 Å². The number of nitrogens with one attached hydrogen (secondary N) is 1. The average molecular weight is 267 g/mol. The lowest BCUT2D eigenvalue weighted by atomic mass is 9.94. The lowest BCUT2D eigenvalue weighted by molar-refractivity contribution is -0.188. The highest BCUT2D eigenvalue weighted by molar-refractivity contribution is 5.78. The zero-order valence-electron chi connectivity index (χ0n) is 10.5. The van der Waals surface area contributed by atoms with Crippen molar-refractivity contribution in [3.63, 3.8) is 0 Å². The maximum absolute atomic E-state index is 12.8. The minimum atomic E-state index is -4.25. The largest absolute Gasteiger partial charge is 0.404 e. The van der Waals surface area contributed by atoms with Crippen LogP contribution in [0.2, 0.25) is 0 Å². The molecule has 1 fully saturated rings. The highest BCUT2D eigenvalue weighted by atomic mass is 19.4. The first-order valence-electron chi connectivity index (χ1n) is 6.12. The quantitative estimate of drug-likeness (QED) is 0.789. The van der Waals surface area contributed by atoms with Crippen molar-refractivity contribution in [2.24, 2.45) is 11.7 Å². The summed E-state index contributed by atoms with van der Waals surface area (Å²) in [5, 5.41) is 2.53. The van der Waals surface area contributed by atoms with E-state index in [-0.39, 0.29) is 24.8 Å². The van der Waals surface area contributed by atoms with E-state index in [2.05, 4.69) is 5.32 Å². The summed E-state index contributed by atoms with van der Waals surface area (Å²) in [6.07, 6.45) is -3.40. The summed E-state index contributed by atoms with van der Waals surface area (Å²) in [7, 11) is 1.54. The third-order valence-electron chi connectivity index (χ3n) is 3.41. The molecule has 1 heterocycles. The van der Waals surface area contributed by atoms with Gasteiger partial charge in [-0.2, -0.15) is 13.2 Å². The summed E-state index contributed by atoms with van der Waals surface area (Å²) < 4.78 is 38.5. The van der Waals surface area contributed by atoms with E-state index in [0.717, 1.165) is 0 Å². The van der Waals surface area contributed by atoms with Crippen LogP contribution in [0, 0.1) is 5.92 Å². The Bertz CT molecular complexity index is 275. The van der Waals surface area contributed by atoms with E-state index in [1.165, 1.54) is 4.90 Å². The minimum absolute atomic E-state index is 0.0134. The molecule has 0 aromatic heterocycles. The van der Waals surface area contributed by atoms with E-state index in [1.54, 1.807) is 7.05 Å². The molecule has 3 N–H and O–H groups in total. The fourth-order valence-electron chi connectivity index (χ4n) is 2.39. The molecule has 106 valence electrons. The molecule has 1 atom stereocenters. The number of likely N-dealkylation sites (tertiary alicyclic amines) is 1. The molecule has 0 aromatic rings. The number of nitrogens with two attached hydrogens (primary N) is 1. The maximum atomic E-state index is 12.8. The molecule has 4 nitrogen and oxygen atoms in total. The van der Waals surface area contributed by atoms with Gasteiger partial charge in [-0.05, 0) is 38.9 Å². The molecule has 1 aliphatic heterocycles. The first kappa shape index (κ1) is 15.2. The fraction of sp³-hybridized carbons (Fsp3) is 0.909. The SMILES string of the molecule is CNC(=O)C1CCN(C(CCN)C(F)(F)F)CC1. The van der Waals surface area contributed by atoms with Gasteiger partial charge in [0.2, 0.25) is 5.91 Å². The normalized spacial score (nSPS) is 20.7. The Morgan fingerprint density at radius 3 is 2.39 bits per heavy atom. The standard InChI is InChI=1S/C11H20F3N3O/c1-16-10(18)8-3-6-17(7-4-8)9(2-5-15)11(12,13)14/h8-9H,2-7,15H2,1H3,(H,16,18). The molecule has 0 aromatic carbocycles. The number of halogens is 3. The van der Waals surface area contributed by atoms with Crippen molar-refractivity contribution < 1.29 is 18.0 Å². The third-order valence-corrected chi connectivity index (χ3v) is 3.41. The highest BCUT2D eigenvalue weighted by Crippen LogP contribution is 2.30. The van der Waals surface area contributed by atoms with E-state index < -0.39 is 12.2 Å². The van der Waals surface area contributed by atoms with Crippen LogP contribution in [0.15, 0.2) is 0 Å². The summed E-state index contributed by atoms with van der Waals surface area (Å²) in [4.78, 5) is 12.8. The second kappa shape index (κ2) is 6.38.